The monoisotopic (exact) mass is 242 g/mol. The number of nitrogens with zero attached hydrogens (tertiary/aromatic N) is 4. The quantitative estimate of drug-likeness (QED) is 0.754. The number of hydrogen-bond acceptors (Lipinski definition) is 4. The van der Waals surface area contributed by atoms with Gasteiger partial charge in [0.25, 0.3) is 0 Å². The summed E-state index contributed by atoms with van der Waals surface area (Å²) < 4.78 is 7.92. The van der Waals surface area contributed by atoms with E-state index in [4.69, 9.17) is 4.74 Å². The molecule has 0 spiro atoms. The van der Waals surface area contributed by atoms with Crippen molar-refractivity contribution in [1.82, 2.24) is 15.0 Å². The summed E-state index contributed by atoms with van der Waals surface area (Å²) in [7, 11) is 0. The van der Waals surface area contributed by atoms with Gasteiger partial charge in [-0.25, -0.2) is 4.68 Å². The first kappa shape index (κ1) is 10.1. The molecule has 3 heterocycles. The van der Waals surface area contributed by atoms with Gasteiger partial charge in [0, 0.05) is 18.8 Å². The lowest BCUT2D eigenvalue weighted by Gasteiger charge is -2.25. The third kappa shape index (κ3) is 1.44. The summed E-state index contributed by atoms with van der Waals surface area (Å²) in [6, 6.07) is 10.7. The van der Waals surface area contributed by atoms with Crippen molar-refractivity contribution in [2.75, 3.05) is 18.0 Å². The Morgan fingerprint density at radius 2 is 2.06 bits per heavy atom. The van der Waals surface area contributed by atoms with E-state index in [0.717, 1.165) is 18.8 Å². The van der Waals surface area contributed by atoms with Crippen LogP contribution in [-0.4, -0.2) is 34.2 Å². The Morgan fingerprint density at radius 3 is 2.94 bits per heavy atom. The highest BCUT2D eigenvalue weighted by atomic mass is 16.5. The molecule has 1 fully saturated rings. The molecule has 2 unspecified atom stereocenters. The van der Waals surface area contributed by atoms with Crippen LogP contribution in [0, 0.1) is 0 Å². The Bertz CT molecular complexity index is 553. The molecule has 1 aromatic heterocycles. The largest absolute Gasteiger partial charge is 0.368 e. The maximum atomic E-state index is 5.90. The van der Waals surface area contributed by atoms with E-state index >= 15 is 0 Å². The molecule has 18 heavy (non-hydrogen) atoms. The van der Waals surface area contributed by atoms with E-state index in [9.17, 15) is 0 Å². The van der Waals surface area contributed by atoms with Crippen molar-refractivity contribution < 1.29 is 4.74 Å². The Labute approximate surface area is 105 Å². The molecule has 1 aromatic carbocycles. The van der Waals surface area contributed by atoms with Gasteiger partial charge < -0.3 is 9.64 Å². The zero-order valence-electron chi connectivity index (χ0n) is 9.94. The number of hydrogen-bond donors (Lipinski definition) is 0. The van der Waals surface area contributed by atoms with Gasteiger partial charge in [0.15, 0.2) is 0 Å². The van der Waals surface area contributed by atoms with Gasteiger partial charge in [0.2, 0.25) is 0 Å². The Hall–Kier alpha value is -1.88. The summed E-state index contributed by atoms with van der Waals surface area (Å²) in [6.07, 6.45) is 2.01. The zero-order valence-corrected chi connectivity index (χ0v) is 9.94. The average molecular weight is 242 g/mol. The van der Waals surface area contributed by atoms with Crippen molar-refractivity contribution in [1.29, 1.82) is 0 Å². The molecule has 2 aliphatic heterocycles. The first-order valence-electron chi connectivity index (χ1n) is 6.22. The second-order valence-electron chi connectivity index (χ2n) is 4.83. The van der Waals surface area contributed by atoms with Gasteiger partial charge in [-0.3, -0.25) is 0 Å². The lowest BCUT2D eigenvalue weighted by atomic mass is 10.2. The second-order valence-corrected chi connectivity index (χ2v) is 4.83. The minimum atomic E-state index is 0.222. The minimum absolute atomic E-state index is 0.222. The molecule has 0 amide bonds. The maximum absolute atomic E-state index is 5.90. The fourth-order valence-electron chi connectivity index (χ4n) is 2.84. The van der Waals surface area contributed by atoms with Crippen LogP contribution >= 0.6 is 0 Å². The highest BCUT2D eigenvalue weighted by molar-refractivity contribution is 5.47. The predicted molar refractivity (Wildman–Crippen MR) is 66.3 cm³/mol. The van der Waals surface area contributed by atoms with Gasteiger partial charge in [-0.15, -0.1) is 5.10 Å². The fraction of sp³-hybridized carbons (Fsp3) is 0.385. The van der Waals surface area contributed by atoms with Gasteiger partial charge in [-0.1, -0.05) is 23.4 Å². The summed E-state index contributed by atoms with van der Waals surface area (Å²) in [4.78, 5) is 2.35. The molecule has 0 bridgehead atoms. The van der Waals surface area contributed by atoms with Gasteiger partial charge >= 0.3 is 0 Å². The fourth-order valence-corrected chi connectivity index (χ4v) is 2.84. The number of ether oxygens (including phenoxy) is 1. The molecule has 2 aliphatic rings. The van der Waals surface area contributed by atoms with Crippen LogP contribution in [0.25, 0.3) is 0 Å². The van der Waals surface area contributed by atoms with Crippen molar-refractivity contribution in [2.45, 2.75) is 18.8 Å². The van der Waals surface area contributed by atoms with Crippen molar-refractivity contribution in [3.05, 3.63) is 42.2 Å². The van der Waals surface area contributed by atoms with Crippen LogP contribution in [0.3, 0.4) is 0 Å². The molecule has 0 N–H and O–H groups in total. The van der Waals surface area contributed by atoms with E-state index < -0.39 is 0 Å². The second kappa shape index (κ2) is 3.81. The number of rotatable bonds is 1. The van der Waals surface area contributed by atoms with Crippen LogP contribution in [-0.2, 0) is 11.3 Å². The molecule has 5 nitrogen and oxygen atoms in total. The molecular formula is C13H14N4O. The van der Waals surface area contributed by atoms with Crippen molar-refractivity contribution in [3.63, 3.8) is 0 Å². The van der Waals surface area contributed by atoms with Gasteiger partial charge in [-0.2, -0.15) is 0 Å². The number of benzene rings is 1. The predicted octanol–water partition coefficient (Wildman–Crippen LogP) is 1.24. The summed E-state index contributed by atoms with van der Waals surface area (Å²) in [5, 5.41) is 8.16. The van der Waals surface area contributed by atoms with E-state index in [1.54, 1.807) is 6.20 Å². The molecule has 4 rings (SSSR count). The average Bonchev–Trinajstić information content (AvgIpc) is 3.05. The van der Waals surface area contributed by atoms with E-state index in [0.29, 0.717) is 6.61 Å². The minimum Gasteiger partial charge on any atom is -0.368 e. The van der Waals surface area contributed by atoms with Crippen LogP contribution in [0.4, 0.5) is 5.69 Å². The Kier molecular flexibility index (Phi) is 2.14. The Morgan fingerprint density at radius 1 is 1.17 bits per heavy atom. The van der Waals surface area contributed by atoms with Crippen LogP contribution in [0.5, 0.6) is 0 Å². The summed E-state index contributed by atoms with van der Waals surface area (Å²) in [5.74, 6) is 0. The SMILES string of the molecule is c1ccc(N2CC3OCc4cnnn4C3C2)cc1. The van der Waals surface area contributed by atoms with Crippen molar-refractivity contribution in [3.8, 4) is 0 Å². The van der Waals surface area contributed by atoms with Gasteiger partial charge in [0.05, 0.1) is 30.6 Å². The highest BCUT2D eigenvalue weighted by Crippen LogP contribution is 2.32. The third-order valence-corrected chi connectivity index (χ3v) is 3.77. The molecule has 0 saturated carbocycles. The highest BCUT2D eigenvalue weighted by Gasteiger charge is 2.39. The van der Waals surface area contributed by atoms with E-state index in [1.807, 2.05) is 10.7 Å². The molecule has 2 atom stereocenters. The molecule has 1 saturated heterocycles. The van der Waals surface area contributed by atoms with Crippen LogP contribution < -0.4 is 4.90 Å². The van der Waals surface area contributed by atoms with E-state index in [2.05, 4.69) is 39.5 Å². The number of para-hydroxylation sites is 1. The van der Waals surface area contributed by atoms with Crippen LogP contribution in [0.2, 0.25) is 0 Å². The smallest absolute Gasteiger partial charge is 0.0996 e. The lowest BCUT2D eigenvalue weighted by molar-refractivity contribution is -0.00253. The normalized spacial score (nSPS) is 25.9. The molecule has 0 aliphatic carbocycles. The zero-order chi connectivity index (χ0) is 11.9. The van der Waals surface area contributed by atoms with Gasteiger partial charge in [0.1, 0.15) is 0 Å². The molecule has 5 heteroatoms. The summed E-state index contributed by atoms with van der Waals surface area (Å²) in [5.41, 5.74) is 2.32. The van der Waals surface area contributed by atoms with Crippen molar-refractivity contribution in [2.24, 2.45) is 0 Å². The number of aromatic nitrogens is 3. The number of fused-ring (bicyclic) bond motifs is 3. The first-order chi connectivity index (χ1) is 8.92. The van der Waals surface area contributed by atoms with Crippen LogP contribution in [0.1, 0.15) is 11.7 Å². The topological polar surface area (TPSA) is 43.2 Å². The van der Waals surface area contributed by atoms with Crippen LogP contribution in [0.15, 0.2) is 36.5 Å². The molecular weight excluding hydrogens is 228 g/mol. The lowest BCUT2D eigenvalue weighted by Crippen LogP contribution is -2.32. The first-order valence-corrected chi connectivity index (χ1v) is 6.22. The van der Waals surface area contributed by atoms with E-state index in [1.165, 1.54) is 5.69 Å². The molecule has 0 radical (unpaired) electrons. The third-order valence-electron chi connectivity index (χ3n) is 3.77. The van der Waals surface area contributed by atoms with E-state index in [-0.39, 0.29) is 12.1 Å². The maximum Gasteiger partial charge on any atom is 0.0996 e. The summed E-state index contributed by atoms with van der Waals surface area (Å²) >= 11 is 0. The van der Waals surface area contributed by atoms with Gasteiger partial charge in [-0.05, 0) is 12.1 Å². The standard InChI is InChI=1S/C13H14N4O/c1-2-4-10(5-3-1)16-7-12-13(8-16)18-9-11-6-14-15-17(11)12/h1-6,12-13H,7-9H2. The van der Waals surface area contributed by atoms with Crippen molar-refractivity contribution >= 4 is 5.69 Å². The Balaban J connectivity index is 1.64. The number of anilines is 1. The molecule has 2 aromatic rings. The summed E-state index contributed by atoms with van der Waals surface area (Å²) in [6.45, 7) is 2.48. The molecule has 92 valence electrons.